The zero-order valence-electron chi connectivity index (χ0n) is 15.3. The Balaban J connectivity index is 1.84. The molecule has 2 aromatic heterocycles. The van der Waals surface area contributed by atoms with Gasteiger partial charge in [-0.3, -0.25) is 9.48 Å². The van der Waals surface area contributed by atoms with Crippen LogP contribution < -0.4 is 0 Å². The van der Waals surface area contributed by atoms with Crippen LogP contribution in [0.1, 0.15) is 17.0 Å². The summed E-state index contributed by atoms with van der Waals surface area (Å²) in [7, 11) is 1.75. The third kappa shape index (κ3) is 4.06. The number of hydrogen-bond acceptors (Lipinski definition) is 4. The molecule has 1 N–H and O–H groups in total. The average Bonchev–Trinajstić information content (AvgIpc) is 3.26. The highest BCUT2D eigenvalue weighted by molar-refractivity contribution is 7.19. The molecule has 0 aliphatic rings. The number of hydrogen-bond donors (Lipinski definition) is 1. The summed E-state index contributed by atoms with van der Waals surface area (Å²) in [5.74, 6) is -1.50. The quantitative estimate of drug-likeness (QED) is 0.456. The van der Waals surface area contributed by atoms with Gasteiger partial charge in [0.15, 0.2) is 0 Å². The van der Waals surface area contributed by atoms with Gasteiger partial charge >= 0.3 is 5.97 Å². The molecule has 4 rings (SSSR count). The van der Waals surface area contributed by atoms with Crippen LogP contribution in [0.5, 0.6) is 0 Å². The van der Waals surface area contributed by atoms with Crippen LogP contribution in [0.15, 0.2) is 48.7 Å². The summed E-state index contributed by atoms with van der Waals surface area (Å²) in [6.07, 6.45) is 3.32. The van der Waals surface area contributed by atoms with Gasteiger partial charge in [0.25, 0.3) is 0 Å². The fourth-order valence-corrected chi connectivity index (χ4v) is 4.13. The van der Waals surface area contributed by atoms with Crippen LogP contribution in [0.3, 0.4) is 0 Å². The summed E-state index contributed by atoms with van der Waals surface area (Å²) in [5, 5.41) is 14.5. The number of carboxylic acid groups (broad SMARTS) is 1. The lowest BCUT2D eigenvalue weighted by molar-refractivity contribution is -0.135. The summed E-state index contributed by atoms with van der Waals surface area (Å²) in [6.45, 7) is 0. The van der Waals surface area contributed by atoms with Gasteiger partial charge in [0, 0.05) is 24.4 Å². The standard InChI is InChI=1S/C21H15ClFN3O2S/c1-26-11-14(20(25-26)12-6-7-15(22)16(23)9-12)8-13(10-19(27)28)21-24-17-4-2-3-5-18(17)29-21/h2-9,11H,10H2,1H3,(H,27,28)/b13-8+. The fraction of sp³-hybridized carbons (Fsp3) is 0.0952. The van der Waals surface area contributed by atoms with Crippen molar-refractivity contribution in [3.63, 3.8) is 0 Å². The van der Waals surface area contributed by atoms with Crippen LogP contribution in [-0.4, -0.2) is 25.8 Å². The molecule has 146 valence electrons. The number of rotatable bonds is 5. The Kier molecular flexibility index (Phi) is 5.17. The van der Waals surface area contributed by atoms with E-state index in [1.807, 2.05) is 24.3 Å². The molecule has 0 amide bonds. The highest BCUT2D eigenvalue weighted by Gasteiger charge is 2.16. The van der Waals surface area contributed by atoms with Crippen molar-refractivity contribution in [1.29, 1.82) is 0 Å². The monoisotopic (exact) mass is 427 g/mol. The third-order valence-electron chi connectivity index (χ3n) is 4.29. The lowest BCUT2D eigenvalue weighted by Crippen LogP contribution is -1.97. The van der Waals surface area contributed by atoms with Crippen LogP contribution in [0, 0.1) is 5.82 Å². The second kappa shape index (κ2) is 7.77. The van der Waals surface area contributed by atoms with Crippen molar-refractivity contribution in [3.8, 4) is 11.3 Å². The van der Waals surface area contributed by atoms with E-state index >= 15 is 0 Å². The van der Waals surface area contributed by atoms with Crippen LogP contribution in [0.25, 0.3) is 33.1 Å². The number of carbonyl (C=O) groups is 1. The van der Waals surface area contributed by atoms with E-state index in [9.17, 15) is 14.3 Å². The molecule has 0 atom stereocenters. The molecule has 2 aromatic carbocycles. The molecular formula is C21H15ClFN3O2S. The molecule has 0 spiro atoms. The summed E-state index contributed by atoms with van der Waals surface area (Å²) in [4.78, 5) is 16.1. The van der Waals surface area contributed by atoms with E-state index in [1.165, 1.54) is 23.5 Å². The van der Waals surface area contributed by atoms with Gasteiger partial charge in [-0.05, 0) is 35.9 Å². The van der Waals surface area contributed by atoms with Crippen LogP contribution >= 0.6 is 22.9 Å². The molecule has 29 heavy (non-hydrogen) atoms. The molecule has 0 radical (unpaired) electrons. The number of aromatic nitrogens is 3. The fourth-order valence-electron chi connectivity index (χ4n) is 3.03. The van der Waals surface area contributed by atoms with Crippen molar-refractivity contribution in [2.45, 2.75) is 6.42 Å². The largest absolute Gasteiger partial charge is 0.481 e. The predicted octanol–water partition coefficient (Wildman–Crippen LogP) is 5.50. The van der Waals surface area contributed by atoms with Gasteiger partial charge < -0.3 is 5.11 Å². The molecular weight excluding hydrogens is 413 g/mol. The zero-order valence-corrected chi connectivity index (χ0v) is 16.8. The van der Waals surface area contributed by atoms with Gasteiger partial charge in [0.1, 0.15) is 10.8 Å². The molecule has 0 bridgehead atoms. The van der Waals surface area contributed by atoms with Crippen molar-refractivity contribution < 1.29 is 14.3 Å². The molecule has 2 heterocycles. The Bertz CT molecular complexity index is 1230. The van der Waals surface area contributed by atoms with E-state index in [2.05, 4.69) is 10.1 Å². The summed E-state index contributed by atoms with van der Waals surface area (Å²) in [5.41, 5.74) is 3.13. The minimum Gasteiger partial charge on any atom is -0.481 e. The van der Waals surface area contributed by atoms with Crippen molar-refractivity contribution in [3.05, 3.63) is 70.1 Å². The first-order valence-electron chi connectivity index (χ1n) is 8.68. The van der Waals surface area contributed by atoms with Crippen molar-refractivity contribution in [2.24, 2.45) is 7.05 Å². The van der Waals surface area contributed by atoms with Gasteiger partial charge in [0.05, 0.1) is 27.4 Å². The molecule has 0 aliphatic heterocycles. The molecule has 0 unspecified atom stereocenters. The van der Waals surface area contributed by atoms with E-state index in [1.54, 1.807) is 30.1 Å². The normalized spacial score (nSPS) is 11.9. The number of thiazole rings is 1. The van der Waals surface area contributed by atoms with Crippen molar-refractivity contribution in [1.82, 2.24) is 14.8 Å². The lowest BCUT2D eigenvalue weighted by Gasteiger charge is -2.04. The van der Waals surface area contributed by atoms with E-state index in [-0.39, 0.29) is 11.4 Å². The first kappa shape index (κ1) is 19.3. The summed E-state index contributed by atoms with van der Waals surface area (Å²) < 4.78 is 16.5. The van der Waals surface area contributed by atoms with Crippen LogP contribution in [0.2, 0.25) is 5.02 Å². The Morgan fingerprint density at radius 1 is 1.31 bits per heavy atom. The van der Waals surface area contributed by atoms with Crippen LogP contribution in [0.4, 0.5) is 4.39 Å². The van der Waals surface area contributed by atoms with E-state index < -0.39 is 11.8 Å². The van der Waals surface area contributed by atoms with E-state index in [0.29, 0.717) is 27.4 Å². The second-order valence-electron chi connectivity index (χ2n) is 6.46. The highest BCUT2D eigenvalue weighted by atomic mass is 35.5. The number of para-hydroxylation sites is 1. The molecule has 5 nitrogen and oxygen atoms in total. The second-order valence-corrected chi connectivity index (χ2v) is 7.90. The first-order valence-corrected chi connectivity index (χ1v) is 9.87. The maximum atomic E-state index is 14.0. The minimum atomic E-state index is -0.960. The molecule has 4 aromatic rings. The Labute approximate surface area is 174 Å². The molecule has 0 saturated carbocycles. The van der Waals surface area contributed by atoms with Crippen molar-refractivity contribution in [2.75, 3.05) is 0 Å². The number of carboxylic acids is 1. The summed E-state index contributed by atoms with van der Waals surface area (Å²) in [6, 6.07) is 12.1. The van der Waals surface area contributed by atoms with Gasteiger partial charge in [-0.15, -0.1) is 11.3 Å². The SMILES string of the molecule is Cn1cc(/C=C(\CC(=O)O)c2nc3ccccc3s2)c(-c2ccc(Cl)c(F)c2)n1. The third-order valence-corrected chi connectivity index (χ3v) is 5.71. The van der Waals surface area contributed by atoms with Gasteiger partial charge in [-0.2, -0.15) is 5.10 Å². The lowest BCUT2D eigenvalue weighted by atomic mass is 10.0. The Morgan fingerprint density at radius 3 is 2.83 bits per heavy atom. The van der Waals surface area contributed by atoms with Crippen LogP contribution in [-0.2, 0) is 11.8 Å². The number of aliphatic carboxylic acids is 1. The van der Waals surface area contributed by atoms with Gasteiger partial charge in [0.2, 0.25) is 0 Å². The van der Waals surface area contributed by atoms with E-state index in [0.717, 1.165) is 10.2 Å². The zero-order chi connectivity index (χ0) is 20.5. The number of benzene rings is 2. The minimum absolute atomic E-state index is 0.0304. The maximum absolute atomic E-state index is 14.0. The van der Waals surface area contributed by atoms with E-state index in [4.69, 9.17) is 11.6 Å². The first-order chi connectivity index (χ1) is 13.9. The van der Waals surface area contributed by atoms with Gasteiger partial charge in [-0.25, -0.2) is 9.37 Å². The maximum Gasteiger partial charge on any atom is 0.307 e. The predicted molar refractivity (Wildman–Crippen MR) is 113 cm³/mol. The average molecular weight is 428 g/mol. The molecule has 0 fully saturated rings. The number of nitrogens with zero attached hydrogens (tertiary/aromatic N) is 3. The number of aryl methyl sites for hydroxylation is 1. The van der Waals surface area contributed by atoms with Gasteiger partial charge in [-0.1, -0.05) is 29.8 Å². The Morgan fingerprint density at radius 2 is 2.10 bits per heavy atom. The Hall–Kier alpha value is -3.03. The highest BCUT2D eigenvalue weighted by Crippen LogP contribution is 2.33. The molecule has 0 saturated heterocycles. The topological polar surface area (TPSA) is 68.0 Å². The molecule has 8 heteroatoms. The van der Waals surface area contributed by atoms with Crippen molar-refractivity contribution >= 4 is 50.8 Å². The number of fused-ring (bicyclic) bond motifs is 1. The summed E-state index contributed by atoms with van der Waals surface area (Å²) >= 11 is 7.22. The molecule has 0 aliphatic carbocycles. The number of halogens is 2. The smallest absolute Gasteiger partial charge is 0.307 e.